The van der Waals surface area contributed by atoms with Crippen LogP contribution < -0.4 is 11.1 Å². The average molecular weight is 273 g/mol. The van der Waals surface area contributed by atoms with Gasteiger partial charge >= 0.3 is 0 Å². The fourth-order valence-electron chi connectivity index (χ4n) is 2.50. The normalized spacial score (nSPS) is 22.7. The highest BCUT2D eigenvalue weighted by Gasteiger charge is 2.34. The van der Waals surface area contributed by atoms with Crippen molar-refractivity contribution < 1.29 is 0 Å². The number of hydrogen-bond donors (Lipinski definition) is 2. The highest BCUT2D eigenvalue weighted by Crippen LogP contribution is 2.42. The molecule has 0 spiro atoms. The third kappa shape index (κ3) is 2.63. The molecule has 17 heavy (non-hydrogen) atoms. The predicted molar refractivity (Wildman–Crippen MR) is 75.9 cm³/mol. The maximum Gasteiger partial charge on any atom is 0.0722 e. The molecule has 1 unspecified atom stereocenters. The first-order valence-electron chi connectivity index (χ1n) is 5.91. The fourth-order valence-corrected chi connectivity index (χ4v) is 3.11. The number of nitrogen functional groups attached to an aromatic ring is 1. The summed E-state index contributed by atoms with van der Waals surface area (Å²) in [5.41, 5.74) is 7.38. The van der Waals surface area contributed by atoms with Crippen molar-refractivity contribution in [3.63, 3.8) is 0 Å². The molecule has 1 aromatic carbocycles. The van der Waals surface area contributed by atoms with Gasteiger partial charge in [-0.2, -0.15) is 0 Å². The molecule has 1 saturated carbocycles. The first-order valence-corrected chi connectivity index (χ1v) is 6.67. The van der Waals surface area contributed by atoms with Crippen molar-refractivity contribution in [2.45, 2.75) is 39.2 Å². The zero-order valence-electron chi connectivity index (χ0n) is 10.2. The molecule has 2 rings (SSSR count). The minimum absolute atomic E-state index is 0.286. The summed E-state index contributed by atoms with van der Waals surface area (Å²) in [7, 11) is 0. The Hall–Kier alpha value is -0.600. The summed E-state index contributed by atoms with van der Waals surface area (Å²) in [5, 5.41) is 4.67. The number of benzene rings is 1. The number of anilines is 2. The smallest absolute Gasteiger partial charge is 0.0722 e. The lowest BCUT2D eigenvalue weighted by atomic mass is 9.87. The molecule has 1 fully saturated rings. The van der Waals surface area contributed by atoms with Gasteiger partial charge in [-0.1, -0.05) is 43.5 Å². The van der Waals surface area contributed by atoms with E-state index in [9.17, 15) is 0 Å². The van der Waals surface area contributed by atoms with E-state index in [1.54, 1.807) is 12.1 Å². The second-order valence-electron chi connectivity index (χ2n) is 5.44. The van der Waals surface area contributed by atoms with Crippen molar-refractivity contribution in [1.82, 2.24) is 0 Å². The molecule has 1 atom stereocenters. The number of nitrogens with one attached hydrogen (secondary N) is 1. The van der Waals surface area contributed by atoms with E-state index in [0.717, 1.165) is 12.1 Å². The maximum atomic E-state index is 6.18. The summed E-state index contributed by atoms with van der Waals surface area (Å²) in [4.78, 5) is 0. The topological polar surface area (TPSA) is 38.0 Å². The lowest BCUT2D eigenvalue weighted by molar-refractivity contribution is 0.350. The monoisotopic (exact) mass is 272 g/mol. The van der Waals surface area contributed by atoms with Gasteiger partial charge in [-0.15, -0.1) is 0 Å². The van der Waals surface area contributed by atoms with Crippen molar-refractivity contribution in [3.05, 3.63) is 22.2 Å². The quantitative estimate of drug-likeness (QED) is 0.775. The maximum absolute atomic E-state index is 6.18. The summed E-state index contributed by atoms with van der Waals surface area (Å²) in [6, 6.07) is 3.89. The molecule has 0 saturated heterocycles. The van der Waals surface area contributed by atoms with Crippen LogP contribution in [-0.2, 0) is 0 Å². The van der Waals surface area contributed by atoms with Gasteiger partial charge in [0.05, 0.1) is 15.7 Å². The zero-order valence-corrected chi connectivity index (χ0v) is 11.7. The first kappa shape index (κ1) is 12.8. The second kappa shape index (κ2) is 4.58. The minimum Gasteiger partial charge on any atom is -0.399 e. The number of halogens is 2. The molecule has 1 aliphatic carbocycles. The Bertz CT molecular complexity index is 406. The lowest BCUT2D eigenvalue weighted by Gasteiger charge is -2.29. The second-order valence-corrected chi connectivity index (χ2v) is 6.25. The third-order valence-corrected chi connectivity index (χ3v) is 4.24. The van der Waals surface area contributed by atoms with E-state index in [1.807, 2.05) is 0 Å². The highest BCUT2D eigenvalue weighted by atomic mass is 35.5. The standard InChI is InChI=1S/C13H18Cl2N2/c1-13(2)5-3-4-11(13)17-12-9(14)6-8(16)7-10(12)15/h6-7,11,17H,3-5,16H2,1-2H3. The largest absolute Gasteiger partial charge is 0.399 e. The molecular weight excluding hydrogens is 255 g/mol. The van der Waals surface area contributed by atoms with Crippen molar-refractivity contribution in [1.29, 1.82) is 0 Å². The fraction of sp³-hybridized carbons (Fsp3) is 0.538. The lowest BCUT2D eigenvalue weighted by Crippen LogP contribution is -2.31. The van der Waals surface area contributed by atoms with Gasteiger partial charge in [0, 0.05) is 11.7 Å². The predicted octanol–water partition coefficient (Wildman–Crippen LogP) is 4.57. The van der Waals surface area contributed by atoms with Crippen LogP contribution in [0, 0.1) is 5.41 Å². The van der Waals surface area contributed by atoms with Crippen LogP contribution >= 0.6 is 23.2 Å². The van der Waals surface area contributed by atoms with Gasteiger partial charge in [0.2, 0.25) is 0 Å². The Balaban J connectivity index is 2.25. The molecule has 1 aromatic rings. The van der Waals surface area contributed by atoms with E-state index in [-0.39, 0.29) is 5.41 Å². The molecule has 3 N–H and O–H groups in total. The van der Waals surface area contributed by atoms with Crippen LogP contribution in [-0.4, -0.2) is 6.04 Å². The molecule has 4 heteroatoms. The number of hydrogen-bond acceptors (Lipinski definition) is 2. The summed E-state index contributed by atoms with van der Waals surface area (Å²) >= 11 is 12.4. The van der Waals surface area contributed by atoms with Crippen molar-refractivity contribution in [2.75, 3.05) is 11.1 Å². The molecule has 0 radical (unpaired) electrons. The van der Waals surface area contributed by atoms with Gasteiger partial charge < -0.3 is 11.1 Å². The Labute approximate surface area is 112 Å². The van der Waals surface area contributed by atoms with Crippen LogP contribution in [0.5, 0.6) is 0 Å². The van der Waals surface area contributed by atoms with E-state index in [0.29, 0.717) is 21.8 Å². The van der Waals surface area contributed by atoms with Crippen molar-refractivity contribution in [3.8, 4) is 0 Å². The molecule has 0 aliphatic heterocycles. The van der Waals surface area contributed by atoms with E-state index in [1.165, 1.54) is 12.8 Å². The summed E-state index contributed by atoms with van der Waals surface area (Å²) in [6.45, 7) is 4.55. The molecular formula is C13H18Cl2N2. The highest BCUT2D eigenvalue weighted by molar-refractivity contribution is 6.39. The SMILES string of the molecule is CC1(C)CCCC1Nc1c(Cl)cc(N)cc1Cl. The Morgan fingerprint density at radius 2 is 1.88 bits per heavy atom. The van der Waals surface area contributed by atoms with E-state index in [4.69, 9.17) is 28.9 Å². The summed E-state index contributed by atoms with van der Waals surface area (Å²) < 4.78 is 0. The van der Waals surface area contributed by atoms with E-state index < -0.39 is 0 Å². The van der Waals surface area contributed by atoms with Gasteiger partial charge in [0.25, 0.3) is 0 Å². The third-order valence-electron chi connectivity index (χ3n) is 3.64. The minimum atomic E-state index is 0.286. The van der Waals surface area contributed by atoms with Gasteiger partial charge in [-0.25, -0.2) is 0 Å². The van der Waals surface area contributed by atoms with Crippen LogP contribution in [0.4, 0.5) is 11.4 Å². The van der Waals surface area contributed by atoms with Crippen LogP contribution in [0.2, 0.25) is 10.0 Å². The summed E-state index contributed by atoms with van der Waals surface area (Å²) in [6.07, 6.45) is 3.63. The van der Waals surface area contributed by atoms with Crippen molar-refractivity contribution in [2.24, 2.45) is 5.41 Å². The van der Waals surface area contributed by atoms with Crippen LogP contribution in [0.25, 0.3) is 0 Å². The molecule has 0 bridgehead atoms. The molecule has 0 heterocycles. The van der Waals surface area contributed by atoms with Gasteiger partial charge in [0.15, 0.2) is 0 Å². The van der Waals surface area contributed by atoms with Gasteiger partial charge in [-0.3, -0.25) is 0 Å². The first-order chi connectivity index (χ1) is 7.90. The number of nitrogens with two attached hydrogens (primary N) is 1. The molecule has 2 nitrogen and oxygen atoms in total. The molecule has 0 aromatic heterocycles. The molecule has 0 amide bonds. The van der Waals surface area contributed by atoms with Gasteiger partial charge in [-0.05, 0) is 30.4 Å². The summed E-state index contributed by atoms with van der Waals surface area (Å²) in [5.74, 6) is 0. The zero-order chi connectivity index (χ0) is 12.6. The van der Waals surface area contributed by atoms with Crippen LogP contribution in [0.1, 0.15) is 33.1 Å². The van der Waals surface area contributed by atoms with Crippen molar-refractivity contribution >= 4 is 34.6 Å². The average Bonchev–Trinajstić information content (AvgIpc) is 2.51. The Morgan fingerprint density at radius 1 is 1.29 bits per heavy atom. The Morgan fingerprint density at radius 3 is 2.35 bits per heavy atom. The molecule has 1 aliphatic rings. The molecule has 94 valence electrons. The van der Waals surface area contributed by atoms with Crippen LogP contribution in [0.3, 0.4) is 0 Å². The van der Waals surface area contributed by atoms with Crippen LogP contribution in [0.15, 0.2) is 12.1 Å². The number of rotatable bonds is 2. The van der Waals surface area contributed by atoms with E-state index >= 15 is 0 Å². The Kier molecular flexibility index (Phi) is 3.46. The van der Waals surface area contributed by atoms with E-state index in [2.05, 4.69) is 19.2 Å². The van der Waals surface area contributed by atoms with Gasteiger partial charge in [0.1, 0.15) is 0 Å².